The van der Waals surface area contributed by atoms with E-state index in [2.05, 4.69) is 15.5 Å². The summed E-state index contributed by atoms with van der Waals surface area (Å²) in [6.07, 6.45) is 0.552. The summed E-state index contributed by atoms with van der Waals surface area (Å²) in [5.74, 6) is 0. The van der Waals surface area contributed by atoms with Crippen molar-refractivity contribution in [2.75, 3.05) is 26.7 Å². The van der Waals surface area contributed by atoms with Gasteiger partial charge < -0.3 is 10.4 Å². The molecular weight excluding hydrogens is 268 g/mol. The Hall–Kier alpha value is -0.960. The minimum atomic E-state index is -3.63. The molecule has 8 heteroatoms. The van der Waals surface area contributed by atoms with E-state index in [1.54, 1.807) is 13.8 Å². The number of aromatic nitrogens is 2. The van der Waals surface area contributed by atoms with Crippen molar-refractivity contribution in [1.82, 2.24) is 19.8 Å². The minimum absolute atomic E-state index is 0.0758. The molecule has 1 unspecified atom stereocenters. The molecule has 0 bridgehead atoms. The van der Waals surface area contributed by atoms with Crippen LogP contribution in [-0.4, -0.2) is 60.3 Å². The molecule has 0 aromatic carbocycles. The average Bonchev–Trinajstić information content (AvgIpc) is 2.86. The SMILES string of the molecule is Cc1n[nH]c(C)c1S(=O)(=O)N(C)CC1(O)CCNC1. The third-order valence-corrected chi connectivity index (χ3v) is 5.53. The zero-order chi connectivity index (χ0) is 14.3. The molecule has 0 radical (unpaired) electrons. The van der Waals surface area contributed by atoms with Gasteiger partial charge in [0.05, 0.1) is 17.0 Å². The van der Waals surface area contributed by atoms with E-state index in [1.807, 2.05) is 0 Å². The van der Waals surface area contributed by atoms with Crippen molar-refractivity contribution in [3.8, 4) is 0 Å². The minimum Gasteiger partial charge on any atom is -0.387 e. The van der Waals surface area contributed by atoms with Crippen LogP contribution in [0.1, 0.15) is 17.8 Å². The van der Waals surface area contributed by atoms with Gasteiger partial charge in [-0.3, -0.25) is 5.10 Å². The number of aryl methyl sites for hydroxylation is 2. The smallest absolute Gasteiger partial charge is 0.246 e. The Morgan fingerprint density at radius 1 is 1.47 bits per heavy atom. The number of aliphatic hydroxyl groups is 1. The topological polar surface area (TPSA) is 98.3 Å². The largest absolute Gasteiger partial charge is 0.387 e. The van der Waals surface area contributed by atoms with Crippen LogP contribution in [0.15, 0.2) is 4.90 Å². The second-order valence-electron chi connectivity index (χ2n) is 5.18. The predicted molar refractivity (Wildman–Crippen MR) is 70.3 cm³/mol. The summed E-state index contributed by atoms with van der Waals surface area (Å²) < 4.78 is 26.2. The summed E-state index contributed by atoms with van der Waals surface area (Å²) in [4.78, 5) is 0.199. The van der Waals surface area contributed by atoms with Gasteiger partial charge in [-0.15, -0.1) is 0 Å². The lowest BCUT2D eigenvalue weighted by Crippen LogP contribution is -2.45. The summed E-state index contributed by atoms with van der Waals surface area (Å²) in [5.41, 5.74) is -0.0327. The Kier molecular flexibility index (Phi) is 3.69. The number of β-amino-alcohol motifs (C(OH)–C–C–N with tert-alkyl or cyclic N) is 1. The normalized spacial score (nSPS) is 24.3. The van der Waals surface area contributed by atoms with E-state index in [4.69, 9.17) is 0 Å². The number of H-pyrrole nitrogens is 1. The van der Waals surface area contributed by atoms with Gasteiger partial charge in [-0.05, 0) is 26.8 Å². The molecule has 108 valence electrons. The molecule has 1 saturated heterocycles. The highest BCUT2D eigenvalue weighted by Gasteiger charge is 2.37. The Morgan fingerprint density at radius 3 is 2.63 bits per heavy atom. The highest BCUT2D eigenvalue weighted by atomic mass is 32.2. The van der Waals surface area contributed by atoms with Gasteiger partial charge in [-0.1, -0.05) is 0 Å². The molecule has 2 rings (SSSR count). The van der Waals surface area contributed by atoms with Crippen molar-refractivity contribution in [3.63, 3.8) is 0 Å². The van der Waals surface area contributed by atoms with E-state index >= 15 is 0 Å². The first-order chi connectivity index (χ1) is 8.76. The molecular formula is C11H20N4O3S. The van der Waals surface area contributed by atoms with Gasteiger partial charge >= 0.3 is 0 Å². The first-order valence-electron chi connectivity index (χ1n) is 6.17. The van der Waals surface area contributed by atoms with Crippen molar-refractivity contribution in [2.24, 2.45) is 0 Å². The zero-order valence-electron chi connectivity index (χ0n) is 11.4. The molecule has 0 saturated carbocycles. The van der Waals surface area contributed by atoms with Crippen LogP contribution in [0.4, 0.5) is 0 Å². The van der Waals surface area contributed by atoms with Gasteiger partial charge in [0.1, 0.15) is 4.90 Å². The molecule has 1 aliphatic heterocycles. The number of likely N-dealkylation sites (N-methyl/N-ethyl adjacent to an activating group) is 1. The van der Waals surface area contributed by atoms with Crippen LogP contribution >= 0.6 is 0 Å². The van der Waals surface area contributed by atoms with Crippen molar-refractivity contribution in [3.05, 3.63) is 11.4 Å². The fourth-order valence-electron chi connectivity index (χ4n) is 2.44. The molecule has 19 heavy (non-hydrogen) atoms. The molecule has 1 aliphatic rings. The standard InChI is InChI=1S/C11H20N4O3S/c1-8-10(9(2)14-13-8)19(17,18)15(3)7-11(16)4-5-12-6-11/h12,16H,4-7H2,1-3H3,(H,13,14). The number of hydrogen-bond acceptors (Lipinski definition) is 5. The maximum absolute atomic E-state index is 12.5. The Morgan fingerprint density at radius 2 is 2.16 bits per heavy atom. The summed E-state index contributed by atoms with van der Waals surface area (Å²) in [6, 6.07) is 0. The van der Waals surface area contributed by atoms with E-state index < -0.39 is 15.6 Å². The maximum atomic E-state index is 12.5. The van der Waals surface area contributed by atoms with Crippen LogP contribution in [0.25, 0.3) is 0 Å². The van der Waals surface area contributed by atoms with Gasteiger partial charge in [0.15, 0.2) is 0 Å². The highest BCUT2D eigenvalue weighted by Crippen LogP contribution is 2.23. The fraction of sp³-hybridized carbons (Fsp3) is 0.727. The number of aromatic amines is 1. The predicted octanol–water partition coefficient (Wildman–Crippen LogP) is -0.629. The molecule has 0 spiro atoms. The Labute approximate surface area is 113 Å². The monoisotopic (exact) mass is 288 g/mol. The molecule has 1 atom stereocenters. The summed E-state index contributed by atoms with van der Waals surface area (Å²) in [7, 11) is -2.15. The van der Waals surface area contributed by atoms with Gasteiger partial charge in [0, 0.05) is 20.1 Å². The van der Waals surface area contributed by atoms with Crippen molar-refractivity contribution >= 4 is 10.0 Å². The molecule has 3 N–H and O–H groups in total. The second-order valence-corrected chi connectivity index (χ2v) is 7.16. The van der Waals surface area contributed by atoms with E-state index in [-0.39, 0.29) is 11.4 Å². The quantitative estimate of drug-likeness (QED) is 0.685. The Balaban J connectivity index is 2.25. The maximum Gasteiger partial charge on any atom is 0.246 e. The van der Waals surface area contributed by atoms with E-state index in [0.717, 1.165) is 0 Å². The van der Waals surface area contributed by atoms with E-state index in [0.29, 0.717) is 30.9 Å². The molecule has 1 aromatic heterocycles. The van der Waals surface area contributed by atoms with Crippen molar-refractivity contribution in [2.45, 2.75) is 30.8 Å². The fourth-order valence-corrected chi connectivity index (χ4v) is 4.01. The number of sulfonamides is 1. The van der Waals surface area contributed by atoms with Crippen molar-refractivity contribution in [1.29, 1.82) is 0 Å². The first-order valence-corrected chi connectivity index (χ1v) is 7.61. The van der Waals surface area contributed by atoms with Crippen LogP contribution in [0.5, 0.6) is 0 Å². The zero-order valence-corrected chi connectivity index (χ0v) is 12.2. The molecule has 0 aliphatic carbocycles. The van der Waals surface area contributed by atoms with Crippen LogP contribution in [0.3, 0.4) is 0 Å². The number of hydrogen-bond donors (Lipinski definition) is 3. The van der Waals surface area contributed by atoms with Crippen LogP contribution in [-0.2, 0) is 10.0 Å². The van der Waals surface area contributed by atoms with Gasteiger partial charge in [-0.2, -0.15) is 9.40 Å². The van der Waals surface area contributed by atoms with Crippen LogP contribution in [0.2, 0.25) is 0 Å². The van der Waals surface area contributed by atoms with Crippen LogP contribution in [0, 0.1) is 13.8 Å². The average molecular weight is 288 g/mol. The lowest BCUT2D eigenvalue weighted by Gasteiger charge is -2.27. The lowest BCUT2D eigenvalue weighted by molar-refractivity contribution is 0.0462. The summed E-state index contributed by atoms with van der Waals surface area (Å²) in [5, 5.41) is 19.9. The highest BCUT2D eigenvalue weighted by molar-refractivity contribution is 7.89. The van der Waals surface area contributed by atoms with Gasteiger partial charge in [-0.25, -0.2) is 8.42 Å². The third-order valence-electron chi connectivity index (χ3n) is 3.47. The second kappa shape index (κ2) is 4.86. The number of nitrogens with one attached hydrogen (secondary N) is 2. The van der Waals surface area contributed by atoms with E-state index in [1.165, 1.54) is 11.4 Å². The van der Waals surface area contributed by atoms with Gasteiger partial charge in [0.2, 0.25) is 10.0 Å². The number of nitrogens with zero attached hydrogens (tertiary/aromatic N) is 2. The summed E-state index contributed by atoms with van der Waals surface area (Å²) >= 11 is 0. The van der Waals surface area contributed by atoms with Gasteiger partial charge in [0.25, 0.3) is 0 Å². The number of rotatable bonds is 4. The molecule has 0 amide bonds. The molecule has 2 heterocycles. The molecule has 1 fully saturated rings. The molecule has 7 nitrogen and oxygen atoms in total. The molecule has 1 aromatic rings. The van der Waals surface area contributed by atoms with Crippen molar-refractivity contribution < 1.29 is 13.5 Å². The lowest BCUT2D eigenvalue weighted by atomic mass is 10.0. The third kappa shape index (κ3) is 2.66. The first kappa shape index (κ1) is 14.4. The Bertz CT molecular complexity index is 541. The van der Waals surface area contributed by atoms with Crippen LogP contribution < -0.4 is 5.32 Å². The van der Waals surface area contributed by atoms with E-state index in [9.17, 15) is 13.5 Å². The summed E-state index contributed by atoms with van der Waals surface area (Å²) in [6.45, 7) is 4.51.